The van der Waals surface area contributed by atoms with E-state index < -0.39 is 0 Å². The first-order valence-corrected chi connectivity index (χ1v) is 8.32. The largest absolute Gasteiger partial charge is 0.497 e. The molecule has 0 saturated heterocycles. The Labute approximate surface area is 147 Å². The lowest BCUT2D eigenvalue weighted by Gasteiger charge is -2.19. The number of hydrogen-bond acceptors (Lipinski definition) is 4. The van der Waals surface area contributed by atoms with Crippen LogP contribution in [-0.4, -0.2) is 26.2 Å². The zero-order valence-corrected chi connectivity index (χ0v) is 14.5. The monoisotopic (exact) mass is 338 g/mol. The van der Waals surface area contributed by atoms with Crippen molar-refractivity contribution in [2.24, 2.45) is 0 Å². The highest BCUT2D eigenvalue weighted by molar-refractivity contribution is 6.07. The van der Waals surface area contributed by atoms with Crippen LogP contribution in [0.15, 0.2) is 48.0 Å². The van der Waals surface area contributed by atoms with Crippen molar-refractivity contribution in [2.45, 2.75) is 13.5 Å². The predicted octanol–water partition coefficient (Wildman–Crippen LogP) is 3.22. The molecule has 5 nitrogen and oxygen atoms in total. The summed E-state index contributed by atoms with van der Waals surface area (Å²) in [5.41, 5.74) is 3.29. The van der Waals surface area contributed by atoms with E-state index in [0.717, 1.165) is 34.9 Å². The van der Waals surface area contributed by atoms with Crippen LogP contribution in [0.25, 0.3) is 6.08 Å². The summed E-state index contributed by atoms with van der Waals surface area (Å²) >= 11 is 0. The molecule has 2 aromatic rings. The summed E-state index contributed by atoms with van der Waals surface area (Å²) in [5.74, 6) is 1.33. The van der Waals surface area contributed by atoms with E-state index in [9.17, 15) is 4.79 Å². The van der Waals surface area contributed by atoms with Gasteiger partial charge in [-0.2, -0.15) is 0 Å². The number of anilines is 1. The Hall–Kier alpha value is -2.79. The minimum atomic E-state index is -0.155. The third-order valence-electron chi connectivity index (χ3n) is 4.05. The SMILES string of the molecule is CCNCc1ccccc1NC(=O)C1=Cc2cc(OC)ccc2OC1. The number of amides is 1. The number of ether oxygens (including phenoxy) is 2. The summed E-state index contributed by atoms with van der Waals surface area (Å²) in [6.45, 7) is 3.89. The fourth-order valence-corrected chi connectivity index (χ4v) is 2.67. The van der Waals surface area contributed by atoms with Crippen LogP contribution in [-0.2, 0) is 11.3 Å². The molecule has 130 valence electrons. The van der Waals surface area contributed by atoms with Crippen molar-refractivity contribution in [3.8, 4) is 11.5 Å². The van der Waals surface area contributed by atoms with Gasteiger partial charge in [-0.15, -0.1) is 0 Å². The highest BCUT2D eigenvalue weighted by Crippen LogP contribution is 2.30. The quantitative estimate of drug-likeness (QED) is 0.849. The standard InChI is InChI=1S/C20H22N2O3/c1-3-21-12-14-6-4-5-7-18(14)22-20(23)16-10-15-11-17(24-2)8-9-19(15)25-13-16/h4-11,21H,3,12-13H2,1-2H3,(H,22,23). The van der Waals surface area contributed by atoms with Crippen LogP contribution in [0.2, 0.25) is 0 Å². The zero-order valence-electron chi connectivity index (χ0n) is 14.5. The minimum Gasteiger partial charge on any atom is -0.497 e. The van der Waals surface area contributed by atoms with Crippen molar-refractivity contribution < 1.29 is 14.3 Å². The van der Waals surface area contributed by atoms with Gasteiger partial charge in [-0.1, -0.05) is 25.1 Å². The number of nitrogens with one attached hydrogen (secondary N) is 2. The molecule has 0 saturated carbocycles. The summed E-state index contributed by atoms with van der Waals surface area (Å²) in [4.78, 5) is 12.6. The molecule has 1 aliphatic heterocycles. The van der Waals surface area contributed by atoms with Crippen molar-refractivity contribution >= 4 is 17.7 Å². The van der Waals surface area contributed by atoms with Crippen molar-refractivity contribution in [1.29, 1.82) is 0 Å². The number of hydrogen-bond donors (Lipinski definition) is 2. The van der Waals surface area contributed by atoms with Gasteiger partial charge in [0.05, 0.1) is 12.7 Å². The van der Waals surface area contributed by atoms with Gasteiger partial charge in [-0.3, -0.25) is 4.79 Å². The highest BCUT2D eigenvalue weighted by atomic mass is 16.5. The average Bonchev–Trinajstić information content (AvgIpc) is 2.66. The molecule has 2 aromatic carbocycles. The van der Waals surface area contributed by atoms with Crippen LogP contribution in [0.3, 0.4) is 0 Å². The fraction of sp³-hybridized carbons (Fsp3) is 0.250. The van der Waals surface area contributed by atoms with Crippen LogP contribution in [0.5, 0.6) is 11.5 Å². The average molecular weight is 338 g/mol. The second kappa shape index (κ2) is 7.85. The van der Waals surface area contributed by atoms with Gasteiger partial charge in [-0.05, 0) is 42.4 Å². The number of fused-ring (bicyclic) bond motifs is 1. The Morgan fingerprint density at radius 1 is 1.24 bits per heavy atom. The van der Waals surface area contributed by atoms with Gasteiger partial charge in [0.25, 0.3) is 5.91 Å². The molecule has 1 heterocycles. The van der Waals surface area contributed by atoms with Gasteiger partial charge in [0.15, 0.2) is 0 Å². The third kappa shape index (κ3) is 4.00. The lowest BCUT2D eigenvalue weighted by Crippen LogP contribution is -2.22. The molecule has 0 unspecified atom stereocenters. The van der Waals surface area contributed by atoms with Crippen LogP contribution >= 0.6 is 0 Å². The summed E-state index contributed by atoms with van der Waals surface area (Å²) < 4.78 is 10.9. The summed E-state index contributed by atoms with van der Waals surface area (Å²) in [6.07, 6.45) is 1.85. The molecule has 0 fully saturated rings. The van der Waals surface area contributed by atoms with E-state index in [4.69, 9.17) is 9.47 Å². The maximum absolute atomic E-state index is 12.6. The highest BCUT2D eigenvalue weighted by Gasteiger charge is 2.18. The normalized spacial score (nSPS) is 12.6. The van der Waals surface area contributed by atoms with E-state index >= 15 is 0 Å². The number of para-hydroxylation sites is 1. The van der Waals surface area contributed by atoms with Crippen LogP contribution in [0, 0.1) is 0 Å². The molecule has 0 aliphatic carbocycles. The fourth-order valence-electron chi connectivity index (χ4n) is 2.67. The van der Waals surface area contributed by atoms with E-state index in [-0.39, 0.29) is 12.5 Å². The predicted molar refractivity (Wildman–Crippen MR) is 98.9 cm³/mol. The van der Waals surface area contributed by atoms with Gasteiger partial charge >= 0.3 is 0 Å². The number of benzene rings is 2. The first-order chi connectivity index (χ1) is 12.2. The molecule has 25 heavy (non-hydrogen) atoms. The second-order valence-corrected chi connectivity index (χ2v) is 5.75. The Morgan fingerprint density at radius 3 is 2.88 bits per heavy atom. The van der Waals surface area contributed by atoms with Gasteiger partial charge in [0.2, 0.25) is 0 Å². The molecule has 2 N–H and O–H groups in total. The molecular weight excluding hydrogens is 316 g/mol. The summed E-state index contributed by atoms with van der Waals surface area (Å²) in [7, 11) is 1.62. The van der Waals surface area contributed by atoms with E-state index in [1.807, 2.05) is 48.5 Å². The van der Waals surface area contributed by atoms with Gasteiger partial charge in [0.1, 0.15) is 18.1 Å². The third-order valence-corrected chi connectivity index (χ3v) is 4.05. The number of carbonyl (C=O) groups is 1. The maximum atomic E-state index is 12.6. The molecule has 0 aromatic heterocycles. The Balaban J connectivity index is 1.79. The Morgan fingerprint density at radius 2 is 2.08 bits per heavy atom. The topological polar surface area (TPSA) is 59.6 Å². The van der Waals surface area contributed by atoms with Crippen LogP contribution < -0.4 is 20.1 Å². The second-order valence-electron chi connectivity index (χ2n) is 5.75. The lowest BCUT2D eigenvalue weighted by molar-refractivity contribution is -0.113. The maximum Gasteiger partial charge on any atom is 0.255 e. The van der Waals surface area contributed by atoms with Crippen molar-refractivity contribution in [3.63, 3.8) is 0 Å². The minimum absolute atomic E-state index is 0.155. The Bertz CT molecular complexity index is 799. The molecule has 5 heteroatoms. The first kappa shape index (κ1) is 17.0. The molecule has 1 aliphatic rings. The van der Waals surface area contributed by atoms with Crippen LogP contribution in [0.4, 0.5) is 5.69 Å². The van der Waals surface area contributed by atoms with Gasteiger partial charge in [-0.25, -0.2) is 0 Å². The summed E-state index contributed by atoms with van der Waals surface area (Å²) in [5, 5.41) is 6.27. The summed E-state index contributed by atoms with van der Waals surface area (Å²) in [6, 6.07) is 13.3. The molecule has 0 atom stereocenters. The van der Waals surface area contributed by atoms with E-state index in [1.54, 1.807) is 7.11 Å². The van der Waals surface area contributed by atoms with Gasteiger partial charge in [0, 0.05) is 17.8 Å². The van der Waals surface area contributed by atoms with Crippen molar-refractivity contribution in [2.75, 3.05) is 25.6 Å². The molecule has 0 spiro atoms. The zero-order chi connectivity index (χ0) is 17.6. The van der Waals surface area contributed by atoms with Crippen LogP contribution in [0.1, 0.15) is 18.1 Å². The van der Waals surface area contributed by atoms with Gasteiger partial charge < -0.3 is 20.1 Å². The molecule has 0 bridgehead atoms. The van der Waals surface area contributed by atoms with E-state index in [0.29, 0.717) is 12.1 Å². The molecule has 1 amide bonds. The molecule has 0 radical (unpaired) electrons. The number of carbonyl (C=O) groups excluding carboxylic acids is 1. The van der Waals surface area contributed by atoms with E-state index in [2.05, 4.69) is 17.6 Å². The number of methoxy groups -OCH3 is 1. The van der Waals surface area contributed by atoms with Crippen molar-refractivity contribution in [1.82, 2.24) is 5.32 Å². The van der Waals surface area contributed by atoms with Crippen molar-refractivity contribution in [3.05, 3.63) is 59.2 Å². The lowest BCUT2D eigenvalue weighted by atomic mass is 10.1. The van der Waals surface area contributed by atoms with E-state index in [1.165, 1.54) is 0 Å². The Kier molecular flexibility index (Phi) is 5.36. The number of rotatable bonds is 6. The smallest absolute Gasteiger partial charge is 0.255 e. The molecule has 3 rings (SSSR count). The molecular formula is C20H22N2O3. The first-order valence-electron chi connectivity index (χ1n) is 8.32.